The topological polar surface area (TPSA) is 101 Å². The highest BCUT2D eigenvalue weighted by atomic mass is 32.2. The Morgan fingerprint density at radius 3 is 2.53 bits per heavy atom. The van der Waals surface area contributed by atoms with E-state index in [9.17, 15) is 18.0 Å². The van der Waals surface area contributed by atoms with Crippen molar-refractivity contribution < 1.29 is 23.1 Å². The molecule has 2 N–H and O–H groups in total. The van der Waals surface area contributed by atoms with Crippen molar-refractivity contribution in [2.45, 2.75) is 37.5 Å². The number of carboxylic acid groups (broad SMARTS) is 1. The van der Waals surface area contributed by atoms with Gasteiger partial charge in [-0.3, -0.25) is 9.59 Å². The molecule has 0 aromatic heterocycles. The summed E-state index contributed by atoms with van der Waals surface area (Å²) in [6.07, 6.45) is 0.848. The SMILES string of the molecule is CCC(SCC(=O)NC1(C)CCS(=O)(=O)C1)C(=O)O. The van der Waals surface area contributed by atoms with Crippen LogP contribution in [0, 0.1) is 0 Å². The highest BCUT2D eigenvalue weighted by molar-refractivity contribution is 8.01. The van der Waals surface area contributed by atoms with Crippen LogP contribution >= 0.6 is 11.8 Å². The van der Waals surface area contributed by atoms with E-state index in [1.54, 1.807) is 13.8 Å². The van der Waals surface area contributed by atoms with Crippen molar-refractivity contribution in [1.29, 1.82) is 0 Å². The fraction of sp³-hybridized carbons (Fsp3) is 0.818. The average molecular weight is 309 g/mol. The molecule has 0 aliphatic carbocycles. The number of rotatable bonds is 6. The lowest BCUT2D eigenvalue weighted by Crippen LogP contribution is -2.47. The van der Waals surface area contributed by atoms with Crippen molar-refractivity contribution in [3.8, 4) is 0 Å². The molecule has 2 unspecified atom stereocenters. The van der Waals surface area contributed by atoms with E-state index in [-0.39, 0.29) is 23.2 Å². The first-order valence-electron chi connectivity index (χ1n) is 6.03. The molecule has 1 saturated heterocycles. The molecular formula is C11H19NO5S2. The van der Waals surface area contributed by atoms with Crippen molar-refractivity contribution in [3.05, 3.63) is 0 Å². The first-order valence-corrected chi connectivity index (χ1v) is 8.90. The minimum Gasteiger partial charge on any atom is -0.480 e. The quantitative estimate of drug-likeness (QED) is 0.731. The van der Waals surface area contributed by atoms with E-state index in [0.717, 1.165) is 11.8 Å². The monoisotopic (exact) mass is 309 g/mol. The molecule has 1 rings (SSSR count). The van der Waals surface area contributed by atoms with Crippen LogP contribution in [0.3, 0.4) is 0 Å². The molecule has 1 aliphatic heterocycles. The summed E-state index contributed by atoms with van der Waals surface area (Å²) < 4.78 is 22.8. The van der Waals surface area contributed by atoms with Crippen molar-refractivity contribution in [3.63, 3.8) is 0 Å². The number of sulfone groups is 1. The van der Waals surface area contributed by atoms with Crippen LogP contribution in [0.15, 0.2) is 0 Å². The second-order valence-corrected chi connectivity index (χ2v) is 8.37. The van der Waals surface area contributed by atoms with Crippen LogP contribution in [0.5, 0.6) is 0 Å². The van der Waals surface area contributed by atoms with Crippen molar-refractivity contribution in [2.75, 3.05) is 17.3 Å². The van der Waals surface area contributed by atoms with E-state index < -0.39 is 26.6 Å². The molecule has 0 saturated carbocycles. The number of carbonyl (C=O) groups is 2. The molecule has 8 heteroatoms. The normalized spacial score (nSPS) is 26.8. The minimum absolute atomic E-state index is 0.0282. The zero-order chi connectivity index (χ0) is 14.7. The van der Waals surface area contributed by atoms with Gasteiger partial charge in [-0.05, 0) is 19.8 Å². The molecule has 1 fully saturated rings. The van der Waals surface area contributed by atoms with E-state index in [1.807, 2.05) is 0 Å². The standard InChI is InChI=1S/C11H19NO5S2/c1-3-8(10(14)15)18-6-9(13)12-11(2)4-5-19(16,17)7-11/h8H,3-7H2,1-2H3,(H,12,13)(H,14,15). The lowest BCUT2D eigenvalue weighted by molar-refractivity contribution is -0.136. The van der Waals surface area contributed by atoms with Crippen molar-refractivity contribution in [1.82, 2.24) is 5.32 Å². The number of nitrogens with one attached hydrogen (secondary N) is 1. The van der Waals surface area contributed by atoms with Gasteiger partial charge >= 0.3 is 5.97 Å². The Labute approximate surface area is 117 Å². The lowest BCUT2D eigenvalue weighted by Gasteiger charge is -2.24. The second-order valence-electron chi connectivity index (χ2n) is 5.00. The summed E-state index contributed by atoms with van der Waals surface area (Å²) in [5.74, 6) is -1.18. The van der Waals surface area contributed by atoms with Gasteiger partial charge in [-0.25, -0.2) is 8.42 Å². The zero-order valence-corrected chi connectivity index (χ0v) is 12.6. The van der Waals surface area contributed by atoms with Gasteiger partial charge in [-0.15, -0.1) is 11.8 Å². The molecule has 1 amide bonds. The molecule has 1 aliphatic rings. The first kappa shape index (κ1) is 16.3. The van der Waals surface area contributed by atoms with Crippen LogP contribution < -0.4 is 5.32 Å². The summed E-state index contributed by atoms with van der Waals surface area (Å²) in [6, 6.07) is 0. The van der Waals surface area contributed by atoms with Gasteiger partial charge < -0.3 is 10.4 Å². The molecular weight excluding hydrogens is 290 g/mol. The molecule has 0 spiro atoms. The van der Waals surface area contributed by atoms with Gasteiger partial charge in [-0.1, -0.05) is 6.92 Å². The molecule has 1 heterocycles. The Bertz CT molecular complexity index is 462. The van der Waals surface area contributed by atoms with E-state index in [2.05, 4.69) is 5.32 Å². The molecule has 0 aromatic rings. The summed E-state index contributed by atoms with van der Waals surface area (Å²) in [4.78, 5) is 22.5. The molecule has 2 atom stereocenters. The fourth-order valence-corrected chi connectivity index (χ4v) is 4.92. The molecule has 0 bridgehead atoms. The lowest BCUT2D eigenvalue weighted by atomic mass is 10.0. The first-order chi connectivity index (χ1) is 8.67. The summed E-state index contributed by atoms with van der Waals surface area (Å²) in [5, 5.41) is 10.9. The molecule has 6 nitrogen and oxygen atoms in total. The minimum atomic E-state index is -3.06. The Morgan fingerprint density at radius 2 is 2.11 bits per heavy atom. The van der Waals surface area contributed by atoms with Crippen LogP contribution in [0.1, 0.15) is 26.7 Å². The maximum Gasteiger partial charge on any atom is 0.316 e. The van der Waals surface area contributed by atoms with Crippen molar-refractivity contribution >= 4 is 33.5 Å². The van der Waals surface area contributed by atoms with Gasteiger partial charge in [0.2, 0.25) is 5.91 Å². The van der Waals surface area contributed by atoms with Gasteiger partial charge in [0.15, 0.2) is 9.84 Å². The third-order valence-corrected chi connectivity index (χ3v) is 6.28. The predicted octanol–water partition coefficient (Wildman–Crippen LogP) is 0.276. The molecule has 110 valence electrons. The predicted molar refractivity (Wildman–Crippen MR) is 74.0 cm³/mol. The molecule has 19 heavy (non-hydrogen) atoms. The zero-order valence-electron chi connectivity index (χ0n) is 11.0. The van der Waals surface area contributed by atoms with Crippen LogP contribution in [-0.4, -0.2) is 53.4 Å². The summed E-state index contributed by atoms with van der Waals surface area (Å²) >= 11 is 1.06. The smallest absolute Gasteiger partial charge is 0.316 e. The fourth-order valence-electron chi connectivity index (χ4n) is 2.02. The summed E-state index contributed by atoms with van der Waals surface area (Å²) in [5.41, 5.74) is -0.721. The van der Waals surface area contributed by atoms with Crippen molar-refractivity contribution in [2.24, 2.45) is 0 Å². The molecule has 0 radical (unpaired) electrons. The maximum atomic E-state index is 11.7. The largest absolute Gasteiger partial charge is 0.480 e. The second kappa shape index (κ2) is 6.13. The number of hydrogen-bond donors (Lipinski definition) is 2. The number of amides is 1. The van der Waals surface area contributed by atoms with Gasteiger partial charge in [0.25, 0.3) is 0 Å². The Morgan fingerprint density at radius 1 is 1.47 bits per heavy atom. The third-order valence-electron chi connectivity index (χ3n) is 3.01. The Hall–Kier alpha value is -0.760. The Balaban J connectivity index is 2.46. The van der Waals surface area contributed by atoms with E-state index in [0.29, 0.717) is 12.8 Å². The third kappa shape index (κ3) is 5.02. The van der Waals surface area contributed by atoms with Crippen LogP contribution in [-0.2, 0) is 19.4 Å². The van der Waals surface area contributed by atoms with Crippen LogP contribution in [0.25, 0.3) is 0 Å². The average Bonchev–Trinajstić information content (AvgIpc) is 2.52. The van der Waals surface area contributed by atoms with Gasteiger partial charge in [0, 0.05) is 0 Å². The van der Waals surface area contributed by atoms with Crippen LogP contribution in [0.2, 0.25) is 0 Å². The van der Waals surface area contributed by atoms with Gasteiger partial charge in [0.05, 0.1) is 22.8 Å². The highest BCUT2D eigenvalue weighted by Gasteiger charge is 2.39. The van der Waals surface area contributed by atoms with Crippen LogP contribution in [0.4, 0.5) is 0 Å². The number of aliphatic carboxylic acids is 1. The highest BCUT2D eigenvalue weighted by Crippen LogP contribution is 2.23. The van der Waals surface area contributed by atoms with E-state index in [1.165, 1.54) is 0 Å². The van der Waals surface area contributed by atoms with E-state index in [4.69, 9.17) is 5.11 Å². The maximum absolute atomic E-state index is 11.7. The Kier molecular flexibility index (Phi) is 5.26. The number of carboxylic acids is 1. The number of thioether (sulfide) groups is 1. The summed E-state index contributed by atoms with van der Waals surface area (Å²) in [7, 11) is -3.06. The summed E-state index contributed by atoms with van der Waals surface area (Å²) in [6.45, 7) is 3.45. The number of hydrogen-bond acceptors (Lipinski definition) is 5. The van der Waals surface area contributed by atoms with Gasteiger partial charge in [-0.2, -0.15) is 0 Å². The number of carbonyl (C=O) groups excluding carboxylic acids is 1. The van der Waals surface area contributed by atoms with E-state index >= 15 is 0 Å². The molecule has 0 aromatic carbocycles. The van der Waals surface area contributed by atoms with Gasteiger partial charge in [0.1, 0.15) is 5.25 Å².